The van der Waals surface area contributed by atoms with Gasteiger partial charge in [0.25, 0.3) is 0 Å². The van der Waals surface area contributed by atoms with E-state index in [1.165, 1.54) is 14.2 Å². The molecular formula is C34H37NO7. The Morgan fingerprint density at radius 3 is 2.17 bits per heavy atom. The van der Waals surface area contributed by atoms with Crippen molar-refractivity contribution in [1.82, 2.24) is 4.90 Å². The van der Waals surface area contributed by atoms with Gasteiger partial charge in [-0.25, -0.2) is 14.4 Å². The van der Waals surface area contributed by atoms with Gasteiger partial charge in [-0.2, -0.15) is 0 Å². The maximum atomic E-state index is 11.9. The van der Waals surface area contributed by atoms with E-state index in [1.54, 1.807) is 29.2 Å². The summed E-state index contributed by atoms with van der Waals surface area (Å²) >= 11 is 0. The van der Waals surface area contributed by atoms with Gasteiger partial charge in [0.05, 0.1) is 38.5 Å². The quantitative estimate of drug-likeness (QED) is 0.133. The molecule has 0 radical (unpaired) electrons. The number of carbonyl (C=O) groups excluding carboxylic acids is 3. The fourth-order valence-electron chi connectivity index (χ4n) is 4.80. The summed E-state index contributed by atoms with van der Waals surface area (Å²) in [5.41, 5.74) is 4.27. The molecule has 1 atom stereocenters. The number of aryl methyl sites for hydroxylation is 1. The molecule has 0 bridgehead atoms. The molecule has 3 aromatic rings. The highest BCUT2D eigenvalue weighted by Crippen LogP contribution is 2.24. The van der Waals surface area contributed by atoms with E-state index in [9.17, 15) is 14.4 Å². The van der Waals surface area contributed by atoms with Gasteiger partial charge < -0.3 is 23.8 Å². The van der Waals surface area contributed by atoms with E-state index in [0.717, 1.165) is 41.7 Å². The number of allylic oxidation sites excluding steroid dienone is 1. The number of methoxy groups -OCH3 is 2. The summed E-state index contributed by atoms with van der Waals surface area (Å²) in [7, 11) is 2.75. The molecule has 0 N–H and O–H groups in total. The molecule has 1 saturated heterocycles. The highest BCUT2D eigenvalue weighted by Gasteiger charge is 2.21. The van der Waals surface area contributed by atoms with Crippen molar-refractivity contribution in [2.75, 3.05) is 40.5 Å². The van der Waals surface area contributed by atoms with Crippen LogP contribution in [0.3, 0.4) is 0 Å². The third-order valence-electron chi connectivity index (χ3n) is 7.19. The number of rotatable bonds is 14. The number of hydrogen-bond donors (Lipinski definition) is 0. The second-order valence-electron chi connectivity index (χ2n) is 10.1. The number of benzene rings is 3. The van der Waals surface area contributed by atoms with Gasteiger partial charge in [-0.3, -0.25) is 0 Å². The fourth-order valence-corrected chi connectivity index (χ4v) is 4.80. The zero-order valence-electron chi connectivity index (χ0n) is 24.1. The van der Waals surface area contributed by atoms with Gasteiger partial charge in [0.2, 0.25) is 0 Å². The molecule has 1 aliphatic rings. The normalized spacial score (nSPS) is 13.6. The molecule has 8 heteroatoms. The van der Waals surface area contributed by atoms with Gasteiger partial charge in [0.15, 0.2) is 0 Å². The molecular weight excluding hydrogens is 534 g/mol. The second-order valence-corrected chi connectivity index (χ2v) is 10.1. The summed E-state index contributed by atoms with van der Waals surface area (Å²) in [6.07, 6.45) is 7.25. The number of hydrogen-bond acceptors (Lipinski definition) is 7. The second kappa shape index (κ2) is 15.4. The number of amides is 1. The first-order valence-electron chi connectivity index (χ1n) is 14.1. The van der Waals surface area contributed by atoms with Crippen molar-refractivity contribution in [2.45, 2.75) is 25.7 Å². The van der Waals surface area contributed by atoms with Crippen LogP contribution in [-0.2, 0) is 27.1 Å². The molecule has 8 nitrogen and oxygen atoms in total. The van der Waals surface area contributed by atoms with E-state index in [2.05, 4.69) is 12.2 Å². The molecule has 0 aromatic heterocycles. The number of cyclic esters (lactones) is 1. The predicted octanol–water partition coefficient (Wildman–Crippen LogP) is 5.99. The van der Waals surface area contributed by atoms with Crippen LogP contribution in [0, 0.1) is 5.92 Å². The minimum atomic E-state index is -0.356. The third-order valence-corrected chi connectivity index (χ3v) is 7.19. The summed E-state index contributed by atoms with van der Waals surface area (Å²) in [5.74, 6) is 0.281. The van der Waals surface area contributed by atoms with E-state index in [1.807, 2.05) is 48.5 Å². The summed E-state index contributed by atoms with van der Waals surface area (Å²) < 4.78 is 20.7. The summed E-state index contributed by atoms with van der Waals surface area (Å²) in [5, 5.41) is 0. The smallest absolute Gasteiger partial charge is 0.409 e. The maximum Gasteiger partial charge on any atom is 0.409 e. The van der Waals surface area contributed by atoms with E-state index >= 15 is 0 Å². The SMILES string of the molecule is COC(=O)c1ccc(CCC(C=Cc2ccccc2OCCCN2CCOC2=O)Cc2ccc(C(=O)OC)cc2)cc1. The summed E-state index contributed by atoms with van der Waals surface area (Å²) in [6, 6.07) is 22.9. The molecule has 1 heterocycles. The van der Waals surface area contributed by atoms with Crippen molar-refractivity contribution < 1.29 is 33.3 Å². The Bertz CT molecular complexity index is 1370. The van der Waals surface area contributed by atoms with Crippen molar-refractivity contribution in [2.24, 2.45) is 5.92 Å². The van der Waals surface area contributed by atoms with Crippen molar-refractivity contribution in [3.63, 3.8) is 0 Å². The number of esters is 2. The zero-order valence-corrected chi connectivity index (χ0v) is 24.1. The van der Waals surface area contributed by atoms with Crippen molar-refractivity contribution in [1.29, 1.82) is 0 Å². The van der Waals surface area contributed by atoms with Gasteiger partial charge in [0, 0.05) is 12.1 Å². The van der Waals surface area contributed by atoms with Gasteiger partial charge in [-0.1, -0.05) is 54.6 Å². The molecule has 1 fully saturated rings. The van der Waals surface area contributed by atoms with E-state index in [-0.39, 0.29) is 23.9 Å². The molecule has 1 aliphatic heterocycles. The van der Waals surface area contributed by atoms with Crippen LogP contribution in [-0.4, -0.2) is 63.5 Å². The van der Waals surface area contributed by atoms with E-state index in [0.29, 0.717) is 43.9 Å². The lowest BCUT2D eigenvalue weighted by Gasteiger charge is -2.15. The molecule has 3 aromatic carbocycles. The van der Waals surface area contributed by atoms with Crippen LogP contribution in [0.25, 0.3) is 6.08 Å². The molecule has 1 unspecified atom stereocenters. The van der Waals surface area contributed by atoms with Crippen LogP contribution in [0.2, 0.25) is 0 Å². The van der Waals surface area contributed by atoms with Crippen LogP contribution < -0.4 is 4.74 Å². The number of ether oxygens (including phenoxy) is 4. The Labute approximate surface area is 246 Å². The van der Waals surface area contributed by atoms with Crippen molar-refractivity contribution >= 4 is 24.1 Å². The van der Waals surface area contributed by atoms with Crippen LogP contribution in [0.4, 0.5) is 4.79 Å². The van der Waals surface area contributed by atoms with Gasteiger partial charge in [-0.15, -0.1) is 0 Å². The average Bonchev–Trinajstić information content (AvgIpc) is 3.45. The topological polar surface area (TPSA) is 91.4 Å². The Hall–Kier alpha value is -4.59. The lowest BCUT2D eigenvalue weighted by atomic mass is 9.91. The van der Waals surface area contributed by atoms with Crippen LogP contribution in [0.5, 0.6) is 5.75 Å². The Morgan fingerprint density at radius 2 is 1.55 bits per heavy atom. The zero-order chi connectivity index (χ0) is 29.7. The maximum absolute atomic E-state index is 11.9. The highest BCUT2D eigenvalue weighted by atomic mass is 16.6. The average molecular weight is 572 g/mol. The molecule has 4 rings (SSSR count). The first-order valence-corrected chi connectivity index (χ1v) is 14.1. The monoisotopic (exact) mass is 571 g/mol. The predicted molar refractivity (Wildman–Crippen MR) is 160 cm³/mol. The Balaban J connectivity index is 1.43. The first-order chi connectivity index (χ1) is 20.5. The summed E-state index contributed by atoms with van der Waals surface area (Å²) in [4.78, 5) is 37.0. The minimum absolute atomic E-state index is 0.198. The van der Waals surface area contributed by atoms with Gasteiger partial charge in [-0.05, 0) is 73.1 Å². The van der Waals surface area contributed by atoms with Gasteiger partial charge >= 0.3 is 18.0 Å². The highest BCUT2D eigenvalue weighted by molar-refractivity contribution is 5.89. The van der Waals surface area contributed by atoms with E-state index in [4.69, 9.17) is 18.9 Å². The number of carbonyl (C=O) groups is 3. The van der Waals surface area contributed by atoms with Crippen LogP contribution in [0.15, 0.2) is 78.9 Å². The third kappa shape index (κ3) is 8.70. The molecule has 1 amide bonds. The van der Waals surface area contributed by atoms with Crippen LogP contribution >= 0.6 is 0 Å². The Kier molecular flexibility index (Phi) is 11.2. The van der Waals surface area contributed by atoms with Crippen molar-refractivity contribution in [3.05, 3.63) is 107 Å². The van der Waals surface area contributed by atoms with Gasteiger partial charge in [0.1, 0.15) is 12.4 Å². The first kappa shape index (κ1) is 30.4. The van der Waals surface area contributed by atoms with E-state index < -0.39 is 0 Å². The summed E-state index contributed by atoms with van der Waals surface area (Å²) in [6.45, 7) is 2.17. The molecule has 42 heavy (non-hydrogen) atoms. The lowest BCUT2D eigenvalue weighted by Crippen LogP contribution is -2.26. The number of nitrogens with zero attached hydrogens (tertiary/aromatic N) is 1. The minimum Gasteiger partial charge on any atom is -0.493 e. The molecule has 0 aliphatic carbocycles. The van der Waals surface area contributed by atoms with Crippen LogP contribution in [0.1, 0.15) is 50.2 Å². The largest absolute Gasteiger partial charge is 0.493 e. The fraction of sp³-hybridized carbons (Fsp3) is 0.324. The molecule has 0 saturated carbocycles. The molecule has 0 spiro atoms. The Morgan fingerprint density at radius 1 is 0.905 bits per heavy atom. The standard InChI is InChI=1S/C34H37NO7/c1-39-32(36)29-16-10-25(11-17-29)8-9-26(24-27-13-18-30(19-14-27)33(37)40-2)12-15-28-6-3-4-7-31(28)41-22-5-20-35-21-23-42-34(35)38/h3-4,6-7,10-19,26H,5,8-9,20-24H2,1-2H3. The number of para-hydroxylation sites is 1. The van der Waals surface area contributed by atoms with Crippen molar-refractivity contribution in [3.8, 4) is 5.75 Å². The lowest BCUT2D eigenvalue weighted by molar-refractivity contribution is 0.0592. The molecule has 220 valence electrons.